The van der Waals surface area contributed by atoms with E-state index in [1.165, 1.54) is 24.3 Å². The molecular weight excluding hydrogens is 588 g/mol. The third-order valence-electron chi connectivity index (χ3n) is 6.32. The molecule has 3 unspecified atom stereocenters. The maximum absolute atomic E-state index is 14.5. The fraction of sp³-hybridized carbons (Fsp3) is 0.321. The van der Waals surface area contributed by atoms with Gasteiger partial charge in [-0.25, -0.2) is 13.6 Å². The highest BCUT2D eigenvalue weighted by Crippen LogP contribution is 2.43. The van der Waals surface area contributed by atoms with Crippen LogP contribution < -0.4 is 4.74 Å². The van der Waals surface area contributed by atoms with Crippen molar-refractivity contribution in [2.45, 2.75) is 58.5 Å². The van der Waals surface area contributed by atoms with Gasteiger partial charge in [0.25, 0.3) is 5.92 Å². The largest absolute Gasteiger partial charge is 0.466 e. The van der Waals surface area contributed by atoms with Crippen LogP contribution in [0.2, 0.25) is 0 Å². The van der Waals surface area contributed by atoms with Crippen LogP contribution in [0.4, 0.5) is 17.6 Å². The smallest absolute Gasteiger partial charge is 0.421 e. The van der Waals surface area contributed by atoms with Crippen LogP contribution in [0.1, 0.15) is 26.3 Å². The van der Waals surface area contributed by atoms with E-state index in [4.69, 9.17) is 14.0 Å². The minimum Gasteiger partial charge on any atom is -0.421 e. The maximum atomic E-state index is 14.5. The van der Waals surface area contributed by atoms with Crippen LogP contribution in [0.25, 0.3) is 0 Å². The average Bonchev–Trinajstić information content (AvgIpc) is 2.91. The Bertz CT molecular complexity index is 1500. The zero-order valence-corrected chi connectivity index (χ0v) is 23.7. The summed E-state index contributed by atoms with van der Waals surface area (Å²) in [4.78, 5) is 14.0. The lowest BCUT2D eigenvalue weighted by Crippen LogP contribution is -2.54. The van der Waals surface area contributed by atoms with E-state index < -0.39 is 62.6 Å². The Kier molecular flexibility index (Phi) is 8.59. The number of carbonyl (C=O) groups is 1. The van der Waals surface area contributed by atoms with Crippen molar-refractivity contribution in [1.29, 1.82) is 0 Å². The summed E-state index contributed by atoms with van der Waals surface area (Å²) in [5.74, 6) is -7.90. The quantitative estimate of drug-likeness (QED) is 0.108. The summed E-state index contributed by atoms with van der Waals surface area (Å²) in [6.07, 6.45) is -1.36. The van der Waals surface area contributed by atoms with Gasteiger partial charge in [0, 0.05) is 11.6 Å². The standard InChI is InChI=1S/C28H26F4O7S2/c1-18(2)24-27(29,30)17-37-26(3,39-24)19-8-7-11-23(16-19)40(21-9-5-4-6-10-21)22-14-12-20(13-15-22)38-25(33)28(31,32)41(34,35)36/h4-16,18,24H,17H2,1-3H3/p+1. The van der Waals surface area contributed by atoms with Gasteiger partial charge in [0.1, 0.15) is 18.5 Å². The van der Waals surface area contributed by atoms with Crippen molar-refractivity contribution < 1.29 is 49.5 Å². The van der Waals surface area contributed by atoms with E-state index in [9.17, 15) is 30.8 Å². The van der Waals surface area contributed by atoms with E-state index in [2.05, 4.69) is 4.74 Å². The summed E-state index contributed by atoms with van der Waals surface area (Å²) >= 11 is 0. The third kappa shape index (κ3) is 6.44. The molecule has 3 aromatic carbocycles. The predicted octanol–water partition coefficient (Wildman–Crippen LogP) is 6.05. The second-order valence-electron chi connectivity index (χ2n) is 9.78. The lowest BCUT2D eigenvalue weighted by atomic mass is 9.97. The first kappa shape index (κ1) is 31.0. The van der Waals surface area contributed by atoms with Gasteiger partial charge < -0.3 is 14.2 Å². The molecule has 0 bridgehead atoms. The van der Waals surface area contributed by atoms with E-state index in [0.717, 1.165) is 9.79 Å². The number of ether oxygens (including phenoxy) is 3. The van der Waals surface area contributed by atoms with Gasteiger partial charge in [-0.05, 0) is 55.3 Å². The number of halogens is 4. The fourth-order valence-electron chi connectivity index (χ4n) is 4.24. The molecule has 13 heteroatoms. The molecule has 41 heavy (non-hydrogen) atoms. The van der Waals surface area contributed by atoms with E-state index in [-0.39, 0.29) is 5.75 Å². The SMILES string of the molecule is CC(C)C1OC(C)(c2cccc([S+](c3ccccc3)c3ccc(OC(=O)C(F)(F)S(=O)(=O)O)cc3)c2)OCC1(F)F. The van der Waals surface area contributed by atoms with Gasteiger partial charge in [0.15, 0.2) is 20.5 Å². The average molecular weight is 616 g/mol. The molecule has 1 aliphatic heterocycles. The summed E-state index contributed by atoms with van der Waals surface area (Å²) in [5.41, 5.74) is 0.516. The Hall–Kier alpha value is -2.97. The number of rotatable bonds is 8. The number of alkyl halides is 4. The van der Waals surface area contributed by atoms with Crippen molar-refractivity contribution in [3.8, 4) is 5.75 Å². The lowest BCUT2D eigenvalue weighted by Gasteiger charge is -2.44. The monoisotopic (exact) mass is 615 g/mol. The Morgan fingerprint density at radius 2 is 1.59 bits per heavy atom. The van der Waals surface area contributed by atoms with E-state index in [0.29, 0.717) is 10.5 Å². The van der Waals surface area contributed by atoms with Gasteiger partial charge >= 0.3 is 21.3 Å². The Morgan fingerprint density at radius 1 is 1.00 bits per heavy atom. The Balaban J connectivity index is 1.68. The van der Waals surface area contributed by atoms with Crippen LogP contribution in [0, 0.1) is 5.92 Å². The highest BCUT2D eigenvalue weighted by Gasteiger charge is 2.55. The molecule has 1 N–H and O–H groups in total. The fourth-order valence-corrected chi connectivity index (χ4v) is 6.61. The van der Waals surface area contributed by atoms with Crippen molar-refractivity contribution in [2.24, 2.45) is 5.92 Å². The zero-order chi connectivity index (χ0) is 30.2. The molecule has 0 radical (unpaired) electrons. The van der Waals surface area contributed by atoms with Crippen molar-refractivity contribution >= 4 is 27.0 Å². The summed E-state index contributed by atoms with van der Waals surface area (Å²) in [7, 11) is -6.83. The van der Waals surface area contributed by atoms with Crippen LogP contribution in [0.15, 0.2) is 93.5 Å². The summed E-state index contributed by atoms with van der Waals surface area (Å²) in [6.45, 7) is 4.08. The number of carbonyl (C=O) groups excluding carboxylic acids is 1. The molecular formula is C28H27F4O7S2+. The van der Waals surface area contributed by atoms with Gasteiger partial charge in [0.05, 0.1) is 10.9 Å². The molecule has 1 heterocycles. The first-order valence-corrected chi connectivity index (χ1v) is 15.0. The van der Waals surface area contributed by atoms with Crippen molar-refractivity contribution in [1.82, 2.24) is 0 Å². The minimum atomic E-state index is -6.02. The predicted molar refractivity (Wildman–Crippen MR) is 142 cm³/mol. The van der Waals surface area contributed by atoms with Crippen molar-refractivity contribution in [3.63, 3.8) is 0 Å². The van der Waals surface area contributed by atoms with Gasteiger partial charge in [0.2, 0.25) is 0 Å². The van der Waals surface area contributed by atoms with Crippen LogP contribution in [0.3, 0.4) is 0 Å². The van der Waals surface area contributed by atoms with Crippen molar-refractivity contribution in [3.05, 3.63) is 84.4 Å². The second kappa shape index (κ2) is 11.4. The molecule has 220 valence electrons. The van der Waals surface area contributed by atoms with Gasteiger partial charge in [-0.2, -0.15) is 17.2 Å². The van der Waals surface area contributed by atoms with Crippen LogP contribution in [-0.2, 0) is 41.1 Å². The van der Waals surface area contributed by atoms with Gasteiger partial charge in [-0.3, -0.25) is 4.55 Å². The molecule has 3 atom stereocenters. The summed E-state index contributed by atoms with van der Waals surface area (Å²) in [6, 6.07) is 21.8. The van der Waals surface area contributed by atoms with E-state index in [1.807, 2.05) is 36.4 Å². The number of hydrogen-bond acceptors (Lipinski definition) is 6. The number of benzene rings is 3. The molecule has 7 nitrogen and oxygen atoms in total. The van der Waals surface area contributed by atoms with Gasteiger partial charge in [-0.15, -0.1) is 0 Å². The zero-order valence-electron chi connectivity index (χ0n) is 22.1. The summed E-state index contributed by atoms with van der Waals surface area (Å²) in [5, 5.41) is -5.14. The third-order valence-corrected chi connectivity index (χ3v) is 9.35. The van der Waals surface area contributed by atoms with Gasteiger partial charge in [-0.1, -0.05) is 44.2 Å². The second-order valence-corrected chi connectivity index (χ2v) is 13.3. The number of hydrogen-bond donors (Lipinski definition) is 1. The van der Waals surface area contributed by atoms with Crippen LogP contribution in [0.5, 0.6) is 5.75 Å². The first-order chi connectivity index (χ1) is 19.0. The first-order valence-electron chi connectivity index (χ1n) is 12.3. The Labute approximate surface area is 237 Å². The maximum Gasteiger partial charge on any atom is 0.466 e. The molecule has 1 aliphatic rings. The molecule has 3 aromatic rings. The molecule has 0 aromatic heterocycles. The molecule has 4 rings (SSSR count). The highest BCUT2D eigenvalue weighted by atomic mass is 32.2. The molecule has 0 spiro atoms. The van der Waals surface area contributed by atoms with E-state index in [1.54, 1.807) is 39.0 Å². The summed E-state index contributed by atoms with van der Waals surface area (Å²) < 4.78 is 102. The van der Waals surface area contributed by atoms with E-state index >= 15 is 0 Å². The molecule has 0 aliphatic carbocycles. The normalized spacial score (nSPS) is 21.8. The molecule has 1 fully saturated rings. The molecule has 1 saturated heterocycles. The molecule has 0 amide bonds. The lowest BCUT2D eigenvalue weighted by molar-refractivity contribution is -0.368. The van der Waals surface area contributed by atoms with Crippen molar-refractivity contribution in [2.75, 3.05) is 6.61 Å². The Morgan fingerprint density at radius 3 is 2.17 bits per heavy atom. The highest BCUT2D eigenvalue weighted by molar-refractivity contribution is 7.97. The minimum absolute atomic E-state index is 0.371. The number of esters is 1. The van der Waals surface area contributed by atoms with Crippen LogP contribution in [-0.4, -0.2) is 42.8 Å². The molecule has 0 saturated carbocycles. The van der Waals surface area contributed by atoms with Crippen LogP contribution >= 0.6 is 0 Å². The topological polar surface area (TPSA) is 99.1 Å².